The van der Waals surface area contributed by atoms with Crippen molar-refractivity contribution in [2.75, 3.05) is 0 Å². The highest BCUT2D eigenvalue weighted by Crippen LogP contribution is 2.23. The average Bonchev–Trinajstić information content (AvgIpc) is 2.49. The number of ether oxygens (including phenoxy) is 1. The molecule has 0 spiro atoms. The van der Waals surface area contributed by atoms with Gasteiger partial charge in [0.05, 0.1) is 6.21 Å². The van der Waals surface area contributed by atoms with E-state index in [9.17, 15) is 8.78 Å². The SMILES string of the molecule is NC(N)=N/N=C/c1cc(Br)ccc1OCc1ccc(F)c(F)c1. The molecule has 0 atom stereocenters. The molecule has 0 aliphatic carbocycles. The van der Waals surface area contributed by atoms with Gasteiger partial charge in [-0.2, -0.15) is 5.10 Å². The van der Waals surface area contributed by atoms with Gasteiger partial charge in [-0.15, -0.1) is 5.10 Å². The van der Waals surface area contributed by atoms with Gasteiger partial charge >= 0.3 is 0 Å². The summed E-state index contributed by atoms with van der Waals surface area (Å²) in [5.41, 5.74) is 11.5. The topological polar surface area (TPSA) is 86.0 Å². The molecule has 0 saturated carbocycles. The third kappa shape index (κ3) is 5.03. The summed E-state index contributed by atoms with van der Waals surface area (Å²) in [4.78, 5) is 0. The lowest BCUT2D eigenvalue weighted by Crippen LogP contribution is -2.21. The fourth-order valence-electron chi connectivity index (χ4n) is 1.70. The van der Waals surface area contributed by atoms with Crippen molar-refractivity contribution in [1.29, 1.82) is 0 Å². The van der Waals surface area contributed by atoms with E-state index < -0.39 is 11.6 Å². The molecule has 23 heavy (non-hydrogen) atoms. The molecule has 2 rings (SSSR count). The molecule has 120 valence electrons. The molecule has 0 aromatic heterocycles. The summed E-state index contributed by atoms with van der Waals surface area (Å²) in [5, 5.41) is 7.24. The zero-order valence-corrected chi connectivity index (χ0v) is 13.4. The van der Waals surface area contributed by atoms with E-state index in [2.05, 4.69) is 26.1 Å². The van der Waals surface area contributed by atoms with Crippen LogP contribution in [0.1, 0.15) is 11.1 Å². The summed E-state index contributed by atoms with van der Waals surface area (Å²) in [5.74, 6) is -1.49. The third-order valence-electron chi connectivity index (χ3n) is 2.72. The van der Waals surface area contributed by atoms with Gasteiger partial charge in [-0.3, -0.25) is 0 Å². The molecule has 2 aromatic carbocycles. The number of benzene rings is 2. The molecule has 0 aliphatic heterocycles. The van der Waals surface area contributed by atoms with Crippen LogP contribution in [0.2, 0.25) is 0 Å². The fraction of sp³-hybridized carbons (Fsp3) is 0.0667. The first-order valence-electron chi connectivity index (χ1n) is 6.44. The second-order valence-corrected chi connectivity index (χ2v) is 5.40. The predicted molar refractivity (Wildman–Crippen MR) is 88.2 cm³/mol. The summed E-state index contributed by atoms with van der Waals surface area (Å²) in [7, 11) is 0. The molecule has 2 aromatic rings. The molecule has 0 aliphatic rings. The fourth-order valence-corrected chi connectivity index (χ4v) is 2.08. The molecule has 0 bridgehead atoms. The first-order chi connectivity index (χ1) is 11.0. The largest absolute Gasteiger partial charge is 0.488 e. The molecular weight excluding hydrogens is 370 g/mol. The van der Waals surface area contributed by atoms with E-state index in [1.807, 2.05) is 0 Å². The van der Waals surface area contributed by atoms with Crippen LogP contribution >= 0.6 is 15.9 Å². The first kappa shape index (κ1) is 16.9. The van der Waals surface area contributed by atoms with Crippen molar-refractivity contribution in [3.05, 3.63) is 63.6 Å². The Morgan fingerprint density at radius 1 is 1.13 bits per heavy atom. The molecule has 4 N–H and O–H groups in total. The van der Waals surface area contributed by atoms with Gasteiger partial charge in [0.25, 0.3) is 0 Å². The Hall–Kier alpha value is -2.48. The van der Waals surface area contributed by atoms with E-state index in [-0.39, 0.29) is 12.6 Å². The highest BCUT2D eigenvalue weighted by molar-refractivity contribution is 9.10. The van der Waals surface area contributed by atoms with Gasteiger partial charge in [-0.05, 0) is 35.9 Å². The van der Waals surface area contributed by atoms with Crippen LogP contribution in [0.25, 0.3) is 0 Å². The van der Waals surface area contributed by atoms with Crippen LogP contribution in [0.5, 0.6) is 5.75 Å². The van der Waals surface area contributed by atoms with Crippen LogP contribution in [0.3, 0.4) is 0 Å². The van der Waals surface area contributed by atoms with E-state index in [4.69, 9.17) is 16.2 Å². The Labute approximate surface area is 139 Å². The average molecular weight is 383 g/mol. The maximum absolute atomic E-state index is 13.2. The molecule has 0 saturated heterocycles. The number of nitrogens with two attached hydrogens (primary N) is 2. The number of guanidine groups is 1. The van der Waals surface area contributed by atoms with E-state index in [1.54, 1.807) is 18.2 Å². The second kappa shape index (κ2) is 7.68. The molecular formula is C15H13BrF2N4O. The van der Waals surface area contributed by atoms with Crippen LogP contribution in [-0.2, 0) is 6.61 Å². The Kier molecular flexibility index (Phi) is 5.64. The minimum absolute atomic E-state index is 0.0714. The molecule has 5 nitrogen and oxygen atoms in total. The van der Waals surface area contributed by atoms with Gasteiger partial charge in [-0.25, -0.2) is 8.78 Å². The Bertz CT molecular complexity index is 761. The lowest BCUT2D eigenvalue weighted by Gasteiger charge is -2.09. The summed E-state index contributed by atoms with van der Waals surface area (Å²) in [6.45, 7) is 0.0714. The summed E-state index contributed by atoms with van der Waals surface area (Å²) in [6, 6.07) is 8.83. The van der Waals surface area contributed by atoms with Crippen molar-refractivity contribution >= 4 is 28.1 Å². The minimum atomic E-state index is -0.920. The Morgan fingerprint density at radius 3 is 2.61 bits per heavy atom. The van der Waals surface area contributed by atoms with Gasteiger partial charge in [-0.1, -0.05) is 22.0 Å². The number of halogens is 3. The smallest absolute Gasteiger partial charge is 0.211 e. The molecule has 8 heteroatoms. The summed E-state index contributed by atoms with van der Waals surface area (Å²) in [6.07, 6.45) is 1.42. The number of rotatable bonds is 5. The number of hydrogen-bond acceptors (Lipinski definition) is 3. The van der Waals surface area contributed by atoms with Crippen molar-refractivity contribution in [3.63, 3.8) is 0 Å². The van der Waals surface area contributed by atoms with Crippen molar-refractivity contribution < 1.29 is 13.5 Å². The molecule has 0 amide bonds. The Balaban J connectivity index is 2.17. The standard InChI is InChI=1S/C15H13BrF2N4O/c16-11-2-4-14(10(6-11)7-21-22-15(19)20)23-8-9-1-3-12(17)13(18)5-9/h1-7H,8H2,(H4,19,20,22)/b21-7+. The lowest BCUT2D eigenvalue weighted by atomic mass is 10.2. The van der Waals surface area contributed by atoms with E-state index >= 15 is 0 Å². The zero-order valence-electron chi connectivity index (χ0n) is 11.8. The molecule has 0 radical (unpaired) electrons. The van der Waals surface area contributed by atoms with E-state index in [1.165, 1.54) is 12.3 Å². The van der Waals surface area contributed by atoms with Gasteiger partial charge in [0.1, 0.15) is 12.4 Å². The maximum atomic E-state index is 13.2. The molecule has 0 fully saturated rings. The van der Waals surface area contributed by atoms with Gasteiger partial charge in [0.15, 0.2) is 11.6 Å². The van der Waals surface area contributed by atoms with Crippen molar-refractivity contribution in [2.45, 2.75) is 6.61 Å². The second-order valence-electron chi connectivity index (χ2n) is 4.49. The van der Waals surface area contributed by atoms with E-state index in [0.29, 0.717) is 16.9 Å². The highest BCUT2D eigenvalue weighted by atomic mass is 79.9. The van der Waals surface area contributed by atoms with Gasteiger partial charge < -0.3 is 16.2 Å². The Morgan fingerprint density at radius 2 is 1.91 bits per heavy atom. The van der Waals surface area contributed by atoms with E-state index in [0.717, 1.165) is 16.6 Å². The molecule has 0 heterocycles. The molecule has 0 unspecified atom stereocenters. The van der Waals surface area contributed by atoms with Crippen LogP contribution in [0.4, 0.5) is 8.78 Å². The highest BCUT2D eigenvalue weighted by Gasteiger charge is 2.06. The third-order valence-corrected chi connectivity index (χ3v) is 3.21. The predicted octanol–water partition coefficient (Wildman–Crippen LogP) is 2.91. The summed E-state index contributed by atoms with van der Waals surface area (Å²) >= 11 is 3.34. The summed E-state index contributed by atoms with van der Waals surface area (Å²) < 4.78 is 32.5. The number of hydrogen-bond donors (Lipinski definition) is 2. The van der Waals surface area contributed by atoms with Crippen LogP contribution in [0.15, 0.2) is 51.1 Å². The monoisotopic (exact) mass is 382 g/mol. The van der Waals surface area contributed by atoms with Crippen molar-refractivity contribution in [1.82, 2.24) is 0 Å². The normalized spacial score (nSPS) is 10.7. The lowest BCUT2D eigenvalue weighted by molar-refractivity contribution is 0.304. The first-order valence-corrected chi connectivity index (χ1v) is 7.23. The van der Waals surface area contributed by atoms with Crippen molar-refractivity contribution in [3.8, 4) is 5.75 Å². The van der Waals surface area contributed by atoms with Crippen LogP contribution in [-0.4, -0.2) is 12.2 Å². The van der Waals surface area contributed by atoms with Crippen LogP contribution in [0, 0.1) is 11.6 Å². The zero-order chi connectivity index (χ0) is 16.8. The van der Waals surface area contributed by atoms with Gasteiger partial charge in [0.2, 0.25) is 5.96 Å². The maximum Gasteiger partial charge on any atom is 0.211 e. The number of nitrogens with zero attached hydrogens (tertiary/aromatic N) is 2. The minimum Gasteiger partial charge on any atom is -0.488 e. The van der Waals surface area contributed by atoms with Gasteiger partial charge in [0, 0.05) is 10.0 Å². The quantitative estimate of drug-likeness (QED) is 0.473. The van der Waals surface area contributed by atoms with Crippen molar-refractivity contribution in [2.24, 2.45) is 21.7 Å². The van der Waals surface area contributed by atoms with Crippen LogP contribution < -0.4 is 16.2 Å².